The van der Waals surface area contributed by atoms with Gasteiger partial charge in [-0.15, -0.1) is 0 Å². The molecular formula is C27H34ClNO4. The second-order valence-electron chi connectivity index (χ2n) is 10.6. The molecule has 1 atom stereocenters. The van der Waals surface area contributed by atoms with Gasteiger partial charge in [-0.1, -0.05) is 42.7 Å². The molecule has 0 radical (unpaired) electrons. The van der Waals surface area contributed by atoms with Crippen molar-refractivity contribution >= 4 is 23.4 Å². The third kappa shape index (κ3) is 5.87. The van der Waals surface area contributed by atoms with E-state index in [1.807, 2.05) is 25.1 Å². The van der Waals surface area contributed by atoms with E-state index in [0.717, 1.165) is 54.1 Å². The van der Waals surface area contributed by atoms with Crippen molar-refractivity contribution in [2.75, 3.05) is 0 Å². The topological polar surface area (TPSA) is 80.4 Å². The normalized spacial score (nSPS) is 21.1. The predicted octanol–water partition coefficient (Wildman–Crippen LogP) is 6.81. The van der Waals surface area contributed by atoms with Crippen molar-refractivity contribution in [3.8, 4) is 0 Å². The lowest BCUT2D eigenvalue weighted by atomic mass is 9.69. The van der Waals surface area contributed by atoms with Crippen LogP contribution in [0.4, 0.5) is 0 Å². The Bertz CT molecular complexity index is 1020. The molecule has 4 rings (SSSR count). The highest BCUT2D eigenvalue weighted by atomic mass is 35.5. The van der Waals surface area contributed by atoms with Gasteiger partial charge in [0.05, 0.1) is 12.1 Å². The Labute approximate surface area is 200 Å². The molecule has 33 heavy (non-hydrogen) atoms. The highest BCUT2D eigenvalue weighted by Gasteiger charge is 2.42. The smallest absolute Gasteiger partial charge is 0.304 e. The van der Waals surface area contributed by atoms with Crippen LogP contribution < -0.4 is 0 Å². The first-order valence-electron chi connectivity index (χ1n) is 12.2. The Kier molecular flexibility index (Phi) is 7.28. The summed E-state index contributed by atoms with van der Waals surface area (Å²) in [5.41, 5.74) is 3.62. The predicted molar refractivity (Wildman–Crippen MR) is 128 cm³/mol. The largest absolute Gasteiger partial charge is 0.481 e. The van der Waals surface area contributed by atoms with E-state index in [-0.39, 0.29) is 25.0 Å². The first kappa shape index (κ1) is 24.0. The number of hydrogen-bond acceptors (Lipinski definition) is 4. The van der Waals surface area contributed by atoms with Crippen molar-refractivity contribution in [1.29, 1.82) is 0 Å². The van der Waals surface area contributed by atoms with E-state index in [4.69, 9.17) is 16.1 Å². The Hall–Kier alpha value is -2.14. The summed E-state index contributed by atoms with van der Waals surface area (Å²) in [6, 6.07) is 5.65. The minimum atomic E-state index is -0.923. The summed E-state index contributed by atoms with van der Waals surface area (Å²) in [6.07, 6.45) is 5.81. The minimum absolute atomic E-state index is 0.0288. The van der Waals surface area contributed by atoms with Crippen LogP contribution in [0.3, 0.4) is 0 Å². The van der Waals surface area contributed by atoms with Crippen molar-refractivity contribution in [3.05, 3.63) is 51.4 Å². The number of aryl methyl sites for hydroxylation is 1. The van der Waals surface area contributed by atoms with Crippen molar-refractivity contribution in [2.24, 2.45) is 11.8 Å². The first-order valence-corrected chi connectivity index (χ1v) is 12.6. The van der Waals surface area contributed by atoms with Crippen LogP contribution >= 0.6 is 11.6 Å². The lowest BCUT2D eigenvalue weighted by Gasteiger charge is -2.35. The van der Waals surface area contributed by atoms with E-state index in [1.54, 1.807) is 0 Å². The molecule has 2 aromatic rings. The fraction of sp³-hybridized carbons (Fsp3) is 0.593. The van der Waals surface area contributed by atoms with Gasteiger partial charge in [0.15, 0.2) is 0 Å². The molecule has 2 fully saturated rings. The van der Waals surface area contributed by atoms with Gasteiger partial charge in [0.2, 0.25) is 0 Å². The van der Waals surface area contributed by atoms with Crippen LogP contribution in [-0.4, -0.2) is 22.0 Å². The molecule has 1 heterocycles. The molecule has 1 N–H and O–H groups in total. The molecule has 0 amide bonds. The van der Waals surface area contributed by atoms with Crippen LogP contribution in [-0.2, 0) is 16.0 Å². The lowest BCUT2D eigenvalue weighted by Crippen LogP contribution is -2.24. The monoisotopic (exact) mass is 471 g/mol. The number of rotatable bonds is 11. The molecule has 2 saturated carbocycles. The fourth-order valence-electron chi connectivity index (χ4n) is 5.33. The third-order valence-corrected chi connectivity index (χ3v) is 7.41. The molecule has 0 aliphatic heterocycles. The highest BCUT2D eigenvalue weighted by molar-refractivity contribution is 6.31. The maximum absolute atomic E-state index is 13.0. The molecule has 0 bridgehead atoms. The number of carbonyl (C=O) groups is 2. The Morgan fingerprint density at radius 1 is 1.18 bits per heavy atom. The average molecular weight is 472 g/mol. The molecule has 1 aromatic heterocycles. The number of carboxylic acids is 1. The molecule has 0 saturated heterocycles. The number of aromatic nitrogens is 1. The van der Waals surface area contributed by atoms with Gasteiger partial charge in [-0.05, 0) is 74.0 Å². The van der Waals surface area contributed by atoms with E-state index in [9.17, 15) is 14.7 Å². The number of carboxylic acid groups (broad SMARTS) is 1. The minimum Gasteiger partial charge on any atom is -0.481 e. The summed E-state index contributed by atoms with van der Waals surface area (Å²) >= 11 is 6.32. The van der Waals surface area contributed by atoms with Gasteiger partial charge >= 0.3 is 5.97 Å². The lowest BCUT2D eigenvalue weighted by molar-refractivity contribution is -0.137. The SMILES string of the molecule is Cc1ccc(CC(=O)C[C@@H](CC(=O)O)c2noc(C3CC(CC(C)C)C3)c2C2CC2)c(Cl)c1. The van der Waals surface area contributed by atoms with E-state index in [2.05, 4.69) is 19.0 Å². The third-order valence-electron chi connectivity index (χ3n) is 7.06. The zero-order valence-corrected chi connectivity index (χ0v) is 20.5. The van der Waals surface area contributed by atoms with E-state index >= 15 is 0 Å². The van der Waals surface area contributed by atoms with Crippen molar-refractivity contribution in [1.82, 2.24) is 5.16 Å². The van der Waals surface area contributed by atoms with Gasteiger partial charge in [0.25, 0.3) is 0 Å². The van der Waals surface area contributed by atoms with Crippen molar-refractivity contribution in [2.45, 2.75) is 89.9 Å². The molecule has 5 nitrogen and oxygen atoms in total. The second kappa shape index (κ2) is 10.0. The summed E-state index contributed by atoms with van der Waals surface area (Å²) in [5, 5.41) is 14.5. The van der Waals surface area contributed by atoms with Gasteiger partial charge in [0.1, 0.15) is 11.5 Å². The Morgan fingerprint density at radius 2 is 1.91 bits per heavy atom. The van der Waals surface area contributed by atoms with Crippen LogP contribution in [0.2, 0.25) is 5.02 Å². The number of benzene rings is 1. The fourth-order valence-corrected chi connectivity index (χ4v) is 5.64. The summed E-state index contributed by atoms with van der Waals surface area (Å²) < 4.78 is 5.87. The summed E-state index contributed by atoms with van der Waals surface area (Å²) in [7, 11) is 0. The Balaban J connectivity index is 1.52. The van der Waals surface area contributed by atoms with Crippen molar-refractivity contribution in [3.63, 3.8) is 0 Å². The van der Waals surface area contributed by atoms with E-state index in [1.165, 1.54) is 6.42 Å². The number of aliphatic carboxylic acids is 1. The number of hydrogen-bond donors (Lipinski definition) is 1. The quantitative estimate of drug-likeness (QED) is 0.389. The highest BCUT2D eigenvalue weighted by Crippen LogP contribution is 2.52. The molecule has 2 aliphatic rings. The maximum Gasteiger partial charge on any atom is 0.304 e. The van der Waals surface area contributed by atoms with Gasteiger partial charge < -0.3 is 9.63 Å². The van der Waals surface area contributed by atoms with Crippen LogP contribution in [0.5, 0.6) is 0 Å². The molecule has 1 aromatic carbocycles. The summed E-state index contributed by atoms with van der Waals surface area (Å²) in [6.45, 7) is 6.47. The van der Waals surface area contributed by atoms with E-state index < -0.39 is 11.9 Å². The maximum atomic E-state index is 13.0. The average Bonchev–Trinajstić information content (AvgIpc) is 3.44. The molecular weight excluding hydrogens is 438 g/mol. The summed E-state index contributed by atoms with van der Waals surface area (Å²) in [4.78, 5) is 24.6. The van der Waals surface area contributed by atoms with Crippen LogP contribution in [0.1, 0.15) is 105 Å². The molecule has 0 spiro atoms. The number of nitrogens with zero attached hydrogens (tertiary/aromatic N) is 1. The standard InChI is InChI=1S/C27H34ClNO4/c1-15(2)8-17-10-21(11-17)27-25(18-6-7-18)26(29-33-27)20(14-24(31)32)13-22(30)12-19-5-4-16(3)9-23(19)28/h4-5,9,15,17-18,20-21H,6-8,10-14H2,1-3H3,(H,31,32)/t17?,20-,21?/m0/s1. The molecule has 178 valence electrons. The first-order chi connectivity index (χ1) is 15.7. The van der Waals surface area contributed by atoms with Gasteiger partial charge in [-0.25, -0.2) is 0 Å². The molecule has 6 heteroatoms. The van der Waals surface area contributed by atoms with Gasteiger partial charge in [0, 0.05) is 35.3 Å². The molecule has 0 unspecified atom stereocenters. The van der Waals surface area contributed by atoms with Gasteiger partial charge in [-0.2, -0.15) is 0 Å². The second-order valence-corrected chi connectivity index (χ2v) is 11.0. The number of carbonyl (C=O) groups excluding carboxylic acids is 1. The van der Waals surface area contributed by atoms with Crippen LogP contribution in [0, 0.1) is 18.8 Å². The number of Topliss-reactive ketones (excluding diaryl/α,β-unsaturated/α-hetero) is 1. The van der Waals surface area contributed by atoms with Crippen LogP contribution in [0.15, 0.2) is 22.7 Å². The van der Waals surface area contributed by atoms with Crippen molar-refractivity contribution < 1.29 is 19.2 Å². The van der Waals surface area contributed by atoms with E-state index in [0.29, 0.717) is 28.5 Å². The number of ketones is 1. The summed E-state index contributed by atoms with van der Waals surface area (Å²) in [5.74, 6) is 1.72. The van der Waals surface area contributed by atoms with Gasteiger partial charge in [-0.3, -0.25) is 9.59 Å². The van der Waals surface area contributed by atoms with Crippen LogP contribution in [0.25, 0.3) is 0 Å². The zero-order valence-electron chi connectivity index (χ0n) is 19.8. The molecule has 2 aliphatic carbocycles. The number of halogens is 1. The zero-order chi connectivity index (χ0) is 23.7. The Morgan fingerprint density at radius 3 is 2.52 bits per heavy atom.